The number of rotatable bonds is 3. The molecule has 2 aromatic carbocycles. The van der Waals surface area contributed by atoms with Gasteiger partial charge in [0, 0.05) is 11.4 Å². The van der Waals surface area contributed by atoms with Crippen LogP contribution in [0, 0.1) is 0 Å². The van der Waals surface area contributed by atoms with E-state index in [2.05, 4.69) is 81.5 Å². The van der Waals surface area contributed by atoms with Crippen LogP contribution in [0.5, 0.6) is 0 Å². The molecule has 0 unspecified atom stereocenters. The third kappa shape index (κ3) is 2.72. The molecular weight excluding hydrogens is 318 g/mol. The molecule has 3 rings (SSSR count). The van der Waals surface area contributed by atoms with Crippen molar-refractivity contribution in [2.75, 3.05) is 4.90 Å². The molecule has 0 amide bonds. The first-order chi connectivity index (χ1) is 9.34. The van der Waals surface area contributed by atoms with Gasteiger partial charge in [-0.1, -0.05) is 36.4 Å². The van der Waals surface area contributed by atoms with Crippen LogP contribution < -0.4 is 4.90 Å². The normalized spacial score (nSPS) is 10.4. The van der Waals surface area contributed by atoms with Gasteiger partial charge in [0.15, 0.2) is 0 Å². The molecule has 0 N–H and O–H groups in total. The quantitative estimate of drug-likeness (QED) is 0.571. The fraction of sp³-hybridized carbons (Fsp3) is 0. The lowest BCUT2D eigenvalue weighted by atomic mass is 10.2. The molecule has 3 heteroatoms. The summed E-state index contributed by atoms with van der Waals surface area (Å²) in [5.41, 5.74) is 2.34. The molecule has 0 fully saturated rings. The van der Waals surface area contributed by atoms with Crippen molar-refractivity contribution < 1.29 is 0 Å². The second kappa shape index (κ2) is 5.59. The van der Waals surface area contributed by atoms with Gasteiger partial charge < -0.3 is 4.90 Å². The summed E-state index contributed by atoms with van der Waals surface area (Å²) in [6.45, 7) is 0. The van der Waals surface area contributed by atoms with E-state index in [1.165, 1.54) is 16.4 Å². The van der Waals surface area contributed by atoms with Crippen LogP contribution in [0.25, 0.3) is 0 Å². The maximum Gasteiger partial charge on any atom is 0.101 e. The summed E-state index contributed by atoms with van der Waals surface area (Å²) in [4.78, 5) is 2.26. The zero-order valence-corrected chi connectivity index (χ0v) is 12.6. The van der Waals surface area contributed by atoms with Gasteiger partial charge in [0.2, 0.25) is 0 Å². The van der Waals surface area contributed by atoms with Crippen molar-refractivity contribution in [2.45, 2.75) is 0 Å². The van der Waals surface area contributed by atoms with E-state index in [9.17, 15) is 0 Å². The minimum Gasteiger partial charge on any atom is -0.302 e. The largest absolute Gasteiger partial charge is 0.302 e. The molecule has 0 aliphatic rings. The van der Waals surface area contributed by atoms with E-state index in [0.29, 0.717) is 0 Å². The van der Waals surface area contributed by atoms with Crippen LogP contribution in [0.1, 0.15) is 0 Å². The standard InChI is InChI=1S/C16H12BrNS/c17-15-11-12-16(19-15)18(13-7-3-1-4-8-13)14-9-5-2-6-10-14/h1-12H. The van der Waals surface area contributed by atoms with Crippen molar-refractivity contribution in [3.63, 3.8) is 0 Å². The number of para-hydroxylation sites is 2. The predicted octanol–water partition coefficient (Wildman–Crippen LogP) is 5.98. The number of hydrogen-bond donors (Lipinski definition) is 0. The van der Waals surface area contributed by atoms with Crippen molar-refractivity contribution in [1.29, 1.82) is 0 Å². The third-order valence-electron chi connectivity index (χ3n) is 2.81. The van der Waals surface area contributed by atoms with Gasteiger partial charge in [-0.2, -0.15) is 0 Å². The fourth-order valence-electron chi connectivity index (χ4n) is 1.98. The molecular formula is C16H12BrNS. The highest BCUT2D eigenvalue weighted by Crippen LogP contribution is 2.39. The first kappa shape index (κ1) is 12.5. The summed E-state index contributed by atoms with van der Waals surface area (Å²) in [7, 11) is 0. The van der Waals surface area contributed by atoms with Crippen molar-refractivity contribution in [2.24, 2.45) is 0 Å². The van der Waals surface area contributed by atoms with Crippen LogP contribution in [0.4, 0.5) is 16.4 Å². The Labute approximate surface area is 125 Å². The summed E-state index contributed by atoms with van der Waals surface area (Å²) >= 11 is 5.27. The highest BCUT2D eigenvalue weighted by molar-refractivity contribution is 9.11. The minimum absolute atomic E-state index is 1.14. The summed E-state index contributed by atoms with van der Waals surface area (Å²) in [5.74, 6) is 0. The van der Waals surface area contributed by atoms with E-state index >= 15 is 0 Å². The van der Waals surface area contributed by atoms with Crippen molar-refractivity contribution in [3.8, 4) is 0 Å². The highest BCUT2D eigenvalue weighted by atomic mass is 79.9. The van der Waals surface area contributed by atoms with Gasteiger partial charge in [-0.3, -0.25) is 0 Å². The maximum absolute atomic E-state index is 3.54. The van der Waals surface area contributed by atoms with E-state index in [4.69, 9.17) is 0 Å². The molecule has 0 aliphatic heterocycles. The van der Waals surface area contributed by atoms with E-state index in [1.807, 2.05) is 12.1 Å². The Hall–Kier alpha value is -1.58. The average Bonchev–Trinajstić information content (AvgIpc) is 2.88. The Morgan fingerprint density at radius 3 is 1.63 bits per heavy atom. The van der Waals surface area contributed by atoms with Crippen molar-refractivity contribution in [1.82, 2.24) is 0 Å². The Morgan fingerprint density at radius 1 is 0.684 bits per heavy atom. The Balaban J connectivity index is 2.11. The van der Waals surface area contributed by atoms with E-state index < -0.39 is 0 Å². The highest BCUT2D eigenvalue weighted by Gasteiger charge is 2.13. The Bertz CT molecular complexity index is 609. The summed E-state index contributed by atoms with van der Waals surface area (Å²) < 4.78 is 1.14. The molecule has 19 heavy (non-hydrogen) atoms. The second-order valence-electron chi connectivity index (χ2n) is 4.08. The monoisotopic (exact) mass is 329 g/mol. The number of benzene rings is 2. The van der Waals surface area contributed by atoms with Crippen LogP contribution in [0.2, 0.25) is 0 Å². The lowest BCUT2D eigenvalue weighted by Crippen LogP contribution is -2.07. The molecule has 0 bridgehead atoms. The summed E-state index contributed by atoms with van der Waals surface area (Å²) in [6.07, 6.45) is 0. The lowest BCUT2D eigenvalue weighted by molar-refractivity contribution is 1.32. The summed E-state index contributed by atoms with van der Waals surface area (Å²) in [6, 6.07) is 25.0. The van der Waals surface area contributed by atoms with Gasteiger partial charge in [0.25, 0.3) is 0 Å². The van der Waals surface area contributed by atoms with Crippen LogP contribution in [-0.4, -0.2) is 0 Å². The lowest BCUT2D eigenvalue weighted by Gasteiger charge is -2.23. The van der Waals surface area contributed by atoms with Crippen LogP contribution in [0.3, 0.4) is 0 Å². The molecule has 1 aromatic heterocycles. The van der Waals surface area contributed by atoms with Crippen molar-refractivity contribution >= 4 is 43.6 Å². The summed E-state index contributed by atoms with van der Waals surface area (Å²) in [5, 5.41) is 1.20. The number of hydrogen-bond acceptors (Lipinski definition) is 2. The second-order valence-corrected chi connectivity index (χ2v) is 6.53. The molecule has 0 aliphatic carbocycles. The molecule has 0 radical (unpaired) electrons. The molecule has 0 spiro atoms. The topological polar surface area (TPSA) is 3.24 Å². The van der Waals surface area contributed by atoms with Gasteiger partial charge in [-0.15, -0.1) is 11.3 Å². The maximum atomic E-state index is 3.54. The van der Waals surface area contributed by atoms with E-state index in [1.54, 1.807) is 11.3 Å². The molecule has 0 atom stereocenters. The Kier molecular flexibility index (Phi) is 3.67. The van der Waals surface area contributed by atoms with Gasteiger partial charge >= 0.3 is 0 Å². The molecule has 1 heterocycles. The smallest absolute Gasteiger partial charge is 0.101 e. The minimum atomic E-state index is 1.14. The molecule has 0 saturated carbocycles. The zero-order chi connectivity index (χ0) is 13.1. The van der Waals surface area contributed by atoms with Gasteiger partial charge in [0.1, 0.15) is 5.00 Å². The fourth-order valence-corrected chi connectivity index (χ4v) is 3.39. The number of halogens is 1. The van der Waals surface area contributed by atoms with Crippen LogP contribution in [0.15, 0.2) is 76.6 Å². The average molecular weight is 330 g/mol. The third-order valence-corrected chi connectivity index (χ3v) is 4.42. The number of thiophene rings is 1. The van der Waals surface area contributed by atoms with Crippen molar-refractivity contribution in [3.05, 3.63) is 76.6 Å². The van der Waals surface area contributed by atoms with Gasteiger partial charge in [0.05, 0.1) is 3.79 Å². The van der Waals surface area contributed by atoms with E-state index in [0.717, 1.165) is 3.79 Å². The SMILES string of the molecule is Brc1ccc(N(c2ccccc2)c2ccccc2)s1. The van der Waals surface area contributed by atoms with E-state index in [-0.39, 0.29) is 0 Å². The first-order valence-corrected chi connectivity index (χ1v) is 7.61. The predicted molar refractivity (Wildman–Crippen MR) is 86.7 cm³/mol. The molecule has 1 nitrogen and oxygen atoms in total. The van der Waals surface area contributed by atoms with Gasteiger partial charge in [-0.25, -0.2) is 0 Å². The van der Waals surface area contributed by atoms with Crippen LogP contribution >= 0.6 is 27.3 Å². The molecule has 3 aromatic rings. The number of nitrogens with zero attached hydrogens (tertiary/aromatic N) is 1. The zero-order valence-electron chi connectivity index (χ0n) is 10.2. The van der Waals surface area contributed by atoms with Crippen LogP contribution in [-0.2, 0) is 0 Å². The first-order valence-electron chi connectivity index (χ1n) is 6.00. The molecule has 94 valence electrons. The molecule has 0 saturated heterocycles. The Morgan fingerprint density at radius 2 is 1.21 bits per heavy atom. The van der Waals surface area contributed by atoms with Gasteiger partial charge in [-0.05, 0) is 52.3 Å². The number of anilines is 3.